The number of nitrogens with one attached hydrogen (secondary N) is 1. The van der Waals surface area contributed by atoms with Crippen LogP contribution in [0.2, 0.25) is 0 Å². The second-order valence-electron chi connectivity index (χ2n) is 6.32. The molecule has 0 rings (SSSR count). The summed E-state index contributed by atoms with van der Waals surface area (Å²) in [5.41, 5.74) is -6.07. The van der Waals surface area contributed by atoms with E-state index in [1.165, 1.54) is 0 Å². The van der Waals surface area contributed by atoms with Crippen LogP contribution in [0.5, 0.6) is 0 Å². The van der Waals surface area contributed by atoms with E-state index in [4.69, 9.17) is 4.55 Å². The standard InChI is InChI=1S/C10H3F19O3S.C2H7N/c11-1(12)3(14,15)5(18,19)7(22,23)9(26,27)10(28,29)8(24,25)6(20,21)4(16,17)2(13)33(30,31)32;1-3-2/h1-2H,(H,30,31,32);3H,1-2H3. The summed E-state index contributed by atoms with van der Waals surface area (Å²) in [4.78, 5) is 0. The zero-order chi connectivity index (χ0) is 30.4. The zero-order valence-corrected chi connectivity index (χ0v) is 17.3. The Morgan fingerprint density at radius 2 is 0.722 bits per heavy atom. The lowest BCUT2D eigenvalue weighted by Crippen LogP contribution is -2.76. The Balaban J connectivity index is 0. The molecular formula is C12H10F19NO3S. The molecule has 0 saturated heterocycles. The van der Waals surface area contributed by atoms with Gasteiger partial charge in [0, 0.05) is 0 Å². The maximum absolute atomic E-state index is 13.3. The first kappa shape index (κ1) is 36.7. The van der Waals surface area contributed by atoms with Crippen LogP contribution in [0.3, 0.4) is 0 Å². The number of halogens is 19. The third-order valence-electron chi connectivity index (χ3n) is 3.63. The van der Waals surface area contributed by atoms with Crippen molar-refractivity contribution in [3.63, 3.8) is 0 Å². The first-order valence-corrected chi connectivity index (χ1v) is 9.26. The lowest BCUT2D eigenvalue weighted by Gasteiger charge is -2.43. The van der Waals surface area contributed by atoms with E-state index in [0.29, 0.717) is 0 Å². The highest BCUT2D eigenvalue weighted by Crippen LogP contribution is 2.64. The topological polar surface area (TPSA) is 66.4 Å². The van der Waals surface area contributed by atoms with Gasteiger partial charge in [0.1, 0.15) is 0 Å². The fourth-order valence-corrected chi connectivity index (χ4v) is 2.20. The molecule has 0 aliphatic rings. The van der Waals surface area contributed by atoms with Crippen molar-refractivity contribution < 1.29 is 96.4 Å². The quantitative estimate of drug-likeness (QED) is 0.259. The zero-order valence-electron chi connectivity index (χ0n) is 16.5. The van der Waals surface area contributed by atoms with E-state index >= 15 is 0 Å². The van der Waals surface area contributed by atoms with E-state index < -0.39 is 69.4 Å². The summed E-state index contributed by atoms with van der Waals surface area (Å²) in [6, 6.07) is 0. The molecule has 0 saturated carbocycles. The Kier molecular flexibility index (Phi) is 10.2. The summed E-state index contributed by atoms with van der Waals surface area (Å²) in [6.45, 7) is 0. The van der Waals surface area contributed by atoms with Crippen molar-refractivity contribution in [2.45, 2.75) is 59.3 Å². The molecule has 4 nitrogen and oxygen atoms in total. The molecule has 0 aromatic heterocycles. The van der Waals surface area contributed by atoms with Crippen molar-refractivity contribution in [3.8, 4) is 0 Å². The van der Waals surface area contributed by atoms with E-state index in [2.05, 4.69) is 5.32 Å². The van der Waals surface area contributed by atoms with Crippen molar-refractivity contribution >= 4 is 10.1 Å². The highest BCUT2D eigenvalue weighted by atomic mass is 32.2. The Labute approximate surface area is 186 Å². The van der Waals surface area contributed by atoms with Gasteiger partial charge < -0.3 is 5.32 Å². The molecule has 0 heterocycles. The predicted octanol–water partition coefficient (Wildman–Crippen LogP) is 5.35. The lowest BCUT2D eigenvalue weighted by molar-refractivity contribution is -0.458. The monoisotopic (exact) mass is 609 g/mol. The minimum Gasteiger partial charge on any atom is -0.323 e. The molecule has 36 heavy (non-hydrogen) atoms. The molecule has 2 N–H and O–H groups in total. The summed E-state index contributed by atoms with van der Waals surface area (Å²) in [5, 5.41) is 2.75. The summed E-state index contributed by atoms with van der Waals surface area (Å²) in [5.74, 6) is -68.6. The molecule has 1 unspecified atom stereocenters. The predicted molar refractivity (Wildman–Crippen MR) is 77.0 cm³/mol. The van der Waals surface area contributed by atoms with Gasteiger partial charge >= 0.3 is 63.9 Å². The highest BCUT2D eigenvalue weighted by molar-refractivity contribution is 7.86. The number of hydrogen-bond donors (Lipinski definition) is 2. The Morgan fingerprint density at radius 3 is 0.917 bits per heavy atom. The summed E-state index contributed by atoms with van der Waals surface area (Å²) >= 11 is 0. The van der Waals surface area contributed by atoms with Gasteiger partial charge in [0.2, 0.25) is 0 Å². The van der Waals surface area contributed by atoms with E-state index in [1.807, 2.05) is 14.1 Å². The summed E-state index contributed by atoms with van der Waals surface area (Å²) in [7, 11) is -3.53. The normalized spacial score (nSPS) is 16.5. The van der Waals surface area contributed by atoms with Gasteiger partial charge in [-0.05, 0) is 14.1 Å². The van der Waals surface area contributed by atoms with Crippen LogP contribution < -0.4 is 5.32 Å². The highest BCUT2D eigenvalue weighted by Gasteiger charge is 2.96. The van der Waals surface area contributed by atoms with Crippen molar-refractivity contribution in [1.82, 2.24) is 5.32 Å². The SMILES string of the molecule is CNC.O=S(=O)(O)C(F)C(F)(F)C(F)(F)C(F)(F)C(F)(F)C(F)(F)C(F)(F)C(F)(F)C(F)(F)C(F)F. The fraction of sp³-hybridized carbons (Fsp3) is 1.00. The van der Waals surface area contributed by atoms with Gasteiger partial charge in [-0.25, -0.2) is 13.2 Å². The molecule has 0 spiro atoms. The minimum absolute atomic E-state index is 1.88. The van der Waals surface area contributed by atoms with Crippen LogP contribution in [-0.4, -0.2) is 86.4 Å². The van der Waals surface area contributed by atoms with Crippen LogP contribution in [0.15, 0.2) is 0 Å². The van der Waals surface area contributed by atoms with E-state index in [1.54, 1.807) is 0 Å². The summed E-state index contributed by atoms with van der Waals surface area (Å²) in [6.07, 6.45) is -6.11. The lowest BCUT2D eigenvalue weighted by atomic mass is 9.87. The molecule has 0 radical (unpaired) electrons. The second kappa shape index (κ2) is 10.0. The smallest absolute Gasteiger partial charge is 0.323 e. The van der Waals surface area contributed by atoms with Crippen LogP contribution in [0.25, 0.3) is 0 Å². The molecule has 24 heteroatoms. The van der Waals surface area contributed by atoms with Crippen LogP contribution in [0.4, 0.5) is 83.4 Å². The van der Waals surface area contributed by atoms with Crippen LogP contribution in [0, 0.1) is 0 Å². The van der Waals surface area contributed by atoms with Crippen LogP contribution >= 0.6 is 0 Å². The van der Waals surface area contributed by atoms with Gasteiger partial charge in [0.25, 0.3) is 5.50 Å². The van der Waals surface area contributed by atoms with E-state index in [-0.39, 0.29) is 0 Å². The minimum atomic E-state index is -9.06. The molecule has 1 atom stereocenters. The molecule has 220 valence electrons. The third kappa shape index (κ3) is 5.12. The number of alkyl halides is 19. The Hall–Kier alpha value is -1.46. The number of rotatable bonds is 10. The first-order valence-electron chi connectivity index (χ1n) is 7.76. The van der Waals surface area contributed by atoms with E-state index in [0.717, 1.165) is 0 Å². The van der Waals surface area contributed by atoms with Gasteiger partial charge in [0.15, 0.2) is 0 Å². The van der Waals surface area contributed by atoms with Gasteiger partial charge in [0.05, 0.1) is 0 Å². The average molecular weight is 609 g/mol. The molecule has 0 aromatic carbocycles. The first-order chi connectivity index (χ1) is 15.3. The molecule has 0 aromatic rings. The molecule has 0 aliphatic carbocycles. The average Bonchev–Trinajstić information content (AvgIpc) is 2.65. The third-order valence-corrected chi connectivity index (χ3v) is 4.45. The van der Waals surface area contributed by atoms with Crippen molar-refractivity contribution in [1.29, 1.82) is 0 Å². The Morgan fingerprint density at radius 1 is 0.528 bits per heavy atom. The van der Waals surface area contributed by atoms with Gasteiger partial charge in [-0.2, -0.15) is 78.7 Å². The second-order valence-corrected chi connectivity index (χ2v) is 7.77. The van der Waals surface area contributed by atoms with Crippen LogP contribution in [-0.2, 0) is 10.1 Å². The van der Waals surface area contributed by atoms with Crippen molar-refractivity contribution in [2.24, 2.45) is 0 Å². The largest absolute Gasteiger partial charge is 0.385 e. The van der Waals surface area contributed by atoms with Gasteiger partial charge in [-0.15, -0.1) is 0 Å². The van der Waals surface area contributed by atoms with Gasteiger partial charge in [-0.3, -0.25) is 4.55 Å². The summed E-state index contributed by atoms with van der Waals surface area (Å²) < 4.78 is 274. The fourth-order valence-electron chi connectivity index (χ4n) is 1.67. The molecule has 0 bridgehead atoms. The van der Waals surface area contributed by atoms with Crippen molar-refractivity contribution in [2.75, 3.05) is 14.1 Å². The maximum Gasteiger partial charge on any atom is 0.385 e. The number of hydrogen-bond acceptors (Lipinski definition) is 3. The maximum atomic E-state index is 13.3. The molecule has 0 aliphatic heterocycles. The van der Waals surface area contributed by atoms with E-state index in [9.17, 15) is 91.8 Å². The van der Waals surface area contributed by atoms with Gasteiger partial charge in [-0.1, -0.05) is 0 Å². The Bertz CT molecular complexity index is 856. The van der Waals surface area contributed by atoms with Crippen LogP contribution in [0.1, 0.15) is 0 Å². The molecule has 0 fully saturated rings. The van der Waals surface area contributed by atoms with Crippen molar-refractivity contribution in [3.05, 3.63) is 0 Å². The molecule has 0 amide bonds. The molecular weight excluding hydrogens is 599 g/mol.